The lowest BCUT2D eigenvalue weighted by Gasteiger charge is -2.16. The van der Waals surface area contributed by atoms with E-state index in [0.717, 1.165) is 17.7 Å². The zero-order chi connectivity index (χ0) is 14.6. The van der Waals surface area contributed by atoms with Gasteiger partial charge in [0.05, 0.1) is 22.6 Å². The van der Waals surface area contributed by atoms with E-state index < -0.39 is 10.0 Å². The molecule has 2 rings (SSSR count). The summed E-state index contributed by atoms with van der Waals surface area (Å²) in [6, 6.07) is 6.83. The second kappa shape index (κ2) is 6.67. The van der Waals surface area contributed by atoms with Crippen LogP contribution in [0.1, 0.15) is 11.3 Å². The lowest BCUT2D eigenvalue weighted by Crippen LogP contribution is -2.26. The number of nitrogens with zero attached hydrogens (tertiary/aromatic N) is 2. The smallest absolute Gasteiger partial charge is 0.243 e. The highest BCUT2D eigenvalue weighted by Crippen LogP contribution is 2.17. The van der Waals surface area contributed by atoms with Crippen molar-refractivity contribution in [2.24, 2.45) is 0 Å². The van der Waals surface area contributed by atoms with Gasteiger partial charge in [-0.05, 0) is 24.1 Å². The van der Waals surface area contributed by atoms with Gasteiger partial charge in [-0.15, -0.1) is 22.9 Å². The largest absolute Gasteiger partial charge is 0.248 e. The molecule has 0 N–H and O–H groups in total. The normalized spacial score (nSPS) is 11.9. The Labute approximate surface area is 128 Å². The van der Waals surface area contributed by atoms with Crippen molar-refractivity contribution in [3.05, 3.63) is 46.4 Å². The third kappa shape index (κ3) is 3.58. The van der Waals surface area contributed by atoms with Gasteiger partial charge < -0.3 is 0 Å². The minimum atomic E-state index is -3.48. The quantitative estimate of drug-likeness (QED) is 0.765. The van der Waals surface area contributed by atoms with Crippen molar-refractivity contribution in [3.63, 3.8) is 0 Å². The monoisotopic (exact) mass is 330 g/mol. The third-order valence-electron chi connectivity index (χ3n) is 2.88. The van der Waals surface area contributed by atoms with Crippen LogP contribution in [0, 0.1) is 0 Å². The number of benzene rings is 1. The molecule has 4 nitrogen and oxygen atoms in total. The summed E-state index contributed by atoms with van der Waals surface area (Å²) >= 11 is 7.11. The molecule has 0 aliphatic rings. The molecule has 0 amide bonds. The van der Waals surface area contributed by atoms with Crippen LogP contribution in [-0.4, -0.2) is 30.6 Å². The van der Waals surface area contributed by atoms with E-state index in [1.54, 1.807) is 36.8 Å². The first-order valence-corrected chi connectivity index (χ1v) is 8.94. The molecule has 0 aliphatic heterocycles. The van der Waals surface area contributed by atoms with Gasteiger partial charge in [0.1, 0.15) is 0 Å². The molecule has 0 aliphatic carbocycles. The average Bonchev–Trinajstić information content (AvgIpc) is 2.92. The Bertz CT molecular complexity index is 640. The number of hydrogen-bond donors (Lipinski definition) is 0. The van der Waals surface area contributed by atoms with E-state index in [-0.39, 0.29) is 11.4 Å². The molecule has 0 fully saturated rings. The van der Waals surface area contributed by atoms with Gasteiger partial charge in [0, 0.05) is 18.3 Å². The molecule has 1 heterocycles. The van der Waals surface area contributed by atoms with E-state index in [0.29, 0.717) is 5.88 Å². The van der Waals surface area contributed by atoms with Crippen LogP contribution in [0.4, 0.5) is 0 Å². The number of sulfonamides is 1. The highest BCUT2D eigenvalue weighted by molar-refractivity contribution is 7.89. The van der Waals surface area contributed by atoms with Crippen molar-refractivity contribution < 1.29 is 8.42 Å². The maximum absolute atomic E-state index is 12.4. The van der Waals surface area contributed by atoms with E-state index in [9.17, 15) is 8.42 Å². The Morgan fingerprint density at radius 3 is 2.55 bits per heavy atom. The number of halogens is 1. The van der Waals surface area contributed by atoms with E-state index in [4.69, 9.17) is 11.6 Å². The molecule has 0 atom stereocenters. The van der Waals surface area contributed by atoms with Gasteiger partial charge in [0.15, 0.2) is 0 Å². The van der Waals surface area contributed by atoms with Crippen LogP contribution in [0.2, 0.25) is 0 Å². The number of aromatic nitrogens is 1. The zero-order valence-corrected chi connectivity index (χ0v) is 13.4. The van der Waals surface area contributed by atoms with Gasteiger partial charge in [0.2, 0.25) is 10.0 Å². The standard InChI is InChI=1S/C13H15ClN2O2S2/c1-16(8-12-9-19-10-15-12)20(17,18)13-4-2-11(3-5-13)6-7-14/h2-5,9-10H,6-8H2,1H3. The summed E-state index contributed by atoms with van der Waals surface area (Å²) in [5.74, 6) is 0.524. The molecule has 0 saturated carbocycles. The number of hydrogen-bond acceptors (Lipinski definition) is 4. The molecule has 1 aromatic heterocycles. The first-order valence-electron chi connectivity index (χ1n) is 6.02. The van der Waals surface area contributed by atoms with Gasteiger partial charge in [-0.3, -0.25) is 0 Å². The van der Waals surface area contributed by atoms with Crippen molar-refractivity contribution >= 4 is 33.0 Å². The van der Waals surface area contributed by atoms with Crippen molar-refractivity contribution in [1.29, 1.82) is 0 Å². The molecule has 0 bridgehead atoms. The van der Waals surface area contributed by atoms with Gasteiger partial charge >= 0.3 is 0 Å². The number of aryl methyl sites for hydroxylation is 1. The maximum atomic E-state index is 12.4. The summed E-state index contributed by atoms with van der Waals surface area (Å²) in [5.41, 5.74) is 3.47. The van der Waals surface area contributed by atoms with Crippen molar-refractivity contribution in [3.8, 4) is 0 Å². The van der Waals surface area contributed by atoms with Gasteiger partial charge in [-0.1, -0.05) is 12.1 Å². The summed E-state index contributed by atoms with van der Waals surface area (Å²) in [6.45, 7) is 0.273. The summed E-state index contributed by atoms with van der Waals surface area (Å²) in [4.78, 5) is 4.39. The molecular weight excluding hydrogens is 316 g/mol. The molecular formula is C13H15ClN2O2S2. The Kier molecular flexibility index (Phi) is 5.15. The van der Waals surface area contributed by atoms with Gasteiger partial charge in [0.25, 0.3) is 0 Å². The maximum Gasteiger partial charge on any atom is 0.243 e. The fourth-order valence-corrected chi connectivity index (χ4v) is 3.66. The second-order valence-electron chi connectivity index (χ2n) is 4.32. The highest BCUT2D eigenvalue weighted by Gasteiger charge is 2.21. The van der Waals surface area contributed by atoms with Crippen LogP contribution in [0.25, 0.3) is 0 Å². The molecule has 0 spiro atoms. The molecule has 0 unspecified atom stereocenters. The van der Waals surface area contributed by atoms with Crippen LogP contribution in [0.15, 0.2) is 40.1 Å². The van der Waals surface area contributed by atoms with Crippen LogP contribution >= 0.6 is 22.9 Å². The highest BCUT2D eigenvalue weighted by atomic mass is 35.5. The molecule has 20 heavy (non-hydrogen) atoms. The van der Waals surface area contributed by atoms with E-state index in [1.165, 1.54) is 15.6 Å². The number of alkyl halides is 1. The van der Waals surface area contributed by atoms with Gasteiger partial charge in [-0.2, -0.15) is 4.31 Å². The molecule has 1 aromatic carbocycles. The molecule has 0 radical (unpaired) electrons. The summed E-state index contributed by atoms with van der Waals surface area (Å²) in [5, 5.41) is 1.84. The summed E-state index contributed by atoms with van der Waals surface area (Å²) in [7, 11) is -1.92. The lowest BCUT2D eigenvalue weighted by atomic mass is 10.2. The van der Waals surface area contributed by atoms with Crippen molar-refractivity contribution in [2.45, 2.75) is 17.9 Å². The minimum Gasteiger partial charge on any atom is -0.248 e. The number of thiazole rings is 1. The summed E-state index contributed by atoms with van der Waals surface area (Å²) < 4.78 is 26.1. The first kappa shape index (κ1) is 15.4. The fourth-order valence-electron chi connectivity index (χ4n) is 1.75. The zero-order valence-electron chi connectivity index (χ0n) is 11.0. The van der Waals surface area contributed by atoms with Crippen LogP contribution in [0.5, 0.6) is 0 Å². The van der Waals surface area contributed by atoms with Crippen LogP contribution < -0.4 is 0 Å². The lowest BCUT2D eigenvalue weighted by molar-refractivity contribution is 0.463. The van der Waals surface area contributed by atoms with Gasteiger partial charge in [-0.25, -0.2) is 13.4 Å². The van der Waals surface area contributed by atoms with Crippen molar-refractivity contribution in [2.75, 3.05) is 12.9 Å². The van der Waals surface area contributed by atoms with E-state index >= 15 is 0 Å². The first-order chi connectivity index (χ1) is 9.54. The third-order valence-corrected chi connectivity index (χ3v) is 5.52. The van der Waals surface area contributed by atoms with Crippen LogP contribution in [0.3, 0.4) is 0 Å². The Morgan fingerprint density at radius 2 is 2.00 bits per heavy atom. The fraction of sp³-hybridized carbons (Fsp3) is 0.308. The Balaban J connectivity index is 2.16. The molecule has 0 saturated heterocycles. The van der Waals surface area contributed by atoms with Crippen molar-refractivity contribution in [1.82, 2.24) is 9.29 Å². The Hall–Kier alpha value is -0.950. The minimum absolute atomic E-state index is 0.273. The topological polar surface area (TPSA) is 50.3 Å². The second-order valence-corrected chi connectivity index (χ2v) is 7.47. The van der Waals surface area contributed by atoms with Crippen LogP contribution in [-0.2, 0) is 23.0 Å². The SMILES string of the molecule is CN(Cc1cscn1)S(=O)(=O)c1ccc(CCCl)cc1. The predicted molar refractivity (Wildman–Crippen MR) is 81.6 cm³/mol. The molecule has 7 heteroatoms. The molecule has 108 valence electrons. The predicted octanol–water partition coefficient (Wildman–Crippen LogP) is 2.75. The summed E-state index contributed by atoms with van der Waals surface area (Å²) in [6.07, 6.45) is 0.733. The number of rotatable bonds is 6. The average molecular weight is 331 g/mol. The Morgan fingerprint density at radius 1 is 1.30 bits per heavy atom. The van der Waals surface area contributed by atoms with E-state index in [1.807, 2.05) is 5.38 Å². The molecule has 2 aromatic rings. The van der Waals surface area contributed by atoms with E-state index in [2.05, 4.69) is 4.98 Å².